The first-order valence-electron chi connectivity index (χ1n) is 21.0. The predicted molar refractivity (Wildman–Crippen MR) is 205 cm³/mol. The van der Waals surface area contributed by atoms with Gasteiger partial charge in [-0.05, 0) is 135 Å². The van der Waals surface area contributed by atoms with E-state index in [9.17, 15) is 0 Å². The van der Waals surface area contributed by atoms with Gasteiger partial charge in [0.15, 0.2) is 0 Å². The van der Waals surface area contributed by atoms with Crippen LogP contribution in [0.3, 0.4) is 0 Å². The molecule has 6 aliphatic carbocycles. The van der Waals surface area contributed by atoms with Gasteiger partial charge in [-0.15, -0.1) is 0 Å². The summed E-state index contributed by atoms with van der Waals surface area (Å²) < 4.78 is 0. The summed E-state index contributed by atoms with van der Waals surface area (Å²) in [5.74, 6) is 0. The van der Waals surface area contributed by atoms with Gasteiger partial charge < -0.3 is 0 Å². The van der Waals surface area contributed by atoms with E-state index in [4.69, 9.17) is 0 Å². The molecule has 0 nitrogen and oxygen atoms in total. The highest BCUT2D eigenvalue weighted by atomic mass is 31.1. The van der Waals surface area contributed by atoms with Crippen molar-refractivity contribution in [1.29, 1.82) is 0 Å². The zero-order valence-electron chi connectivity index (χ0n) is 29.6. The fourth-order valence-electron chi connectivity index (χ4n) is 11.6. The SMILES string of the molecule is CC(CP(C1CCCCC1)C1CCCCC1)(CP(C1CCCCC1)C1CCCCC1)CP(C1CCCCC1)C1CCCCC1. The van der Waals surface area contributed by atoms with Crippen molar-refractivity contribution in [3.05, 3.63) is 0 Å². The Labute approximate surface area is 280 Å². The second kappa shape index (κ2) is 18.3. The quantitative estimate of drug-likeness (QED) is 0.183. The first-order chi connectivity index (χ1) is 21.7. The minimum absolute atomic E-state index is 0.205. The molecule has 6 fully saturated rings. The number of hydrogen-bond acceptors (Lipinski definition) is 0. The molecule has 0 N–H and O–H groups in total. The molecule has 0 unspecified atom stereocenters. The third-order valence-electron chi connectivity index (χ3n) is 14.0. The highest BCUT2D eigenvalue weighted by Crippen LogP contribution is 2.67. The Kier molecular flexibility index (Phi) is 14.6. The van der Waals surface area contributed by atoms with E-state index in [0.29, 0.717) is 5.41 Å². The molecule has 0 atom stereocenters. The zero-order valence-corrected chi connectivity index (χ0v) is 32.3. The predicted octanol–water partition coefficient (Wildman–Crippen LogP) is 14.4. The maximum Gasteiger partial charge on any atom is -0.0207 e. The third-order valence-corrected chi connectivity index (χ3v) is 26.1. The van der Waals surface area contributed by atoms with Crippen molar-refractivity contribution in [1.82, 2.24) is 0 Å². The van der Waals surface area contributed by atoms with Crippen molar-refractivity contribution >= 4 is 23.8 Å². The molecular formula is C41H75P3. The van der Waals surface area contributed by atoms with Crippen LogP contribution in [0.1, 0.15) is 200 Å². The van der Waals surface area contributed by atoms with Gasteiger partial charge in [0.25, 0.3) is 0 Å². The van der Waals surface area contributed by atoms with Crippen LogP contribution in [0.2, 0.25) is 0 Å². The lowest BCUT2D eigenvalue weighted by Crippen LogP contribution is -2.38. The van der Waals surface area contributed by atoms with Gasteiger partial charge in [-0.3, -0.25) is 0 Å². The first kappa shape index (κ1) is 35.1. The van der Waals surface area contributed by atoms with Gasteiger partial charge in [0, 0.05) is 0 Å². The van der Waals surface area contributed by atoms with Gasteiger partial charge in [-0.1, -0.05) is 146 Å². The summed E-state index contributed by atoms with van der Waals surface area (Å²) in [5.41, 5.74) is 7.54. The molecule has 254 valence electrons. The molecular weight excluding hydrogens is 585 g/mol. The van der Waals surface area contributed by atoms with Crippen molar-refractivity contribution in [2.45, 2.75) is 234 Å². The van der Waals surface area contributed by atoms with Gasteiger partial charge in [-0.25, -0.2) is 0 Å². The Balaban J connectivity index is 1.32. The van der Waals surface area contributed by atoms with Crippen LogP contribution < -0.4 is 0 Å². The van der Waals surface area contributed by atoms with Crippen LogP contribution in [0.25, 0.3) is 0 Å². The van der Waals surface area contributed by atoms with Crippen LogP contribution in [0, 0.1) is 5.41 Å². The van der Waals surface area contributed by atoms with Crippen LogP contribution in [-0.2, 0) is 0 Å². The van der Waals surface area contributed by atoms with Gasteiger partial charge in [0.05, 0.1) is 0 Å². The fourth-order valence-corrected chi connectivity index (χ4v) is 25.0. The molecule has 0 aromatic heterocycles. The minimum Gasteiger partial charge on any atom is -0.0998 e. The monoisotopic (exact) mass is 661 g/mol. The molecule has 0 spiro atoms. The first-order valence-corrected chi connectivity index (χ1v) is 26.0. The molecule has 0 amide bonds. The summed E-state index contributed by atoms with van der Waals surface area (Å²) in [7, 11) is 0.614. The molecule has 0 aromatic carbocycles. The average molecular weight is 661 g/mol. The molecule has 6 aliphatic rings. The van der Waals surface area contributed by atoms with Crippen LogP contribution >= 0.6 is 23.8 Å². The second-order valence-corrected chi connectivity index (χ2v) is 26.0. The van der Waals surface area contributed by atoms with Crippen LogP contribution in [0.4, 0.5) is 0 Å². The van der Waals surface area contributed by atoms with Crippen molar-refractivity contribution < 1.29 is 0 Å². The molecule has 6 rings (SSSR count). The van der Waals surface area contributed by atoms with E-state index in [1.165, 1.54) is 0 Å². The number of rotatable bonds is 12. The highest BCUT2D eigenvalue weighted by Gasteiger charge is 2.44. The lowest BCUT2D eigenvalue weighted by atomic mass is 9.98. The van der Waals surface area contributed by atoms with E-state index < -0.39 is 0 Å². The van der Waals surface area contributed by atoms with Gasteiger partial charge in [0.2, 0.25) is 0 Å². The Morgan fingerprint density at radius 1 is 0.295 bits per heavy atom. The van der Waals surface area contributed by atoms with E-state index in [1.807, 2.05) is 0 Å². The van der Waals surface area contributed by atoms with E-state index in [1.54, 1.807) is 211 Å². The molecule has 44 heavy (non-hydrogen) atoms. The lowest BCUT2D eigenvalue weighted by molar-refractivity contribution is 0.437. The summed E-state index contributed by atoms with van der Waals surface area (Å²) >= 11 is 0. The Morgan fingerprint density at radius 3 is 0.614 bits per heavy atom. The lowest BCUT2D eigenvalue weighted by Gasteiger charge is -2.50. The number of hydrogen-bond donors (Lipinski definition) is 0. The minimum atomic E-state index is 0.205. The summed E-state index contributed by atoms with van der Waals surface area (Å²) in [4.78, 5) is 0. The van der Waals surface area contributed by atoms with E-state index >= 15 is 0 Å². The molecule has 6 saturated carbocycles. The fraction of sp³-hybridized carbons (Fsp3) is 1.00. The van der Waals surface area contributed by atoms with Crippen molar-refractivity contribution in [3.8, 4) is 0 Å². The van der Waals surface area contributed by atoms with Crippen LogP contribution in [-0.4, -0.2) is 52.4 Å². The van der Waals surface area contributed by atoms with Crippen molar-refractivity contribution in [3.63, 3.8) is 0 Å². The Hall–Kier alpha value is 1.29. The highest BCUT2D eigenvalue weighted by molar-refractivity contribution is 7.61. The third kappa shape index (κ3) is 9.93. The van der Waals surface area contributed by atoms with E-state index in [2.05, 4.69) is 6.92 Å². The smallest absolute Gasteiger partial charge is 0.0207 e. The van der Waals surface area contributed by atoms with E-state index in [-0.39, 0.29) is 23.8 Å². The normalized spacial score (nSPS) is 27.5. The topological polar surface area (TPSA) is 0 Å². The molecule has 0 saturated heterocycles. The molecule has 3 heteroatoms. The van der Waals surface area contributed by atoms with Gasteiger partial charge in [0.1, 0.15) is 0 Å². The molecule has 0 heterocycles. The van der Waals surface area contributed by atoms with Crippen LogP contribution in [0.5, 0.6) is 0 Å². The Bertz CT molecular complexity index is 619. The summed E-state index contributed by atoms with van der Waals surface area (Å²) in [5, 5.41) is 0. The van der Waals surface area contributed by atoms with Gasteiger partial charge in [-0.2, -0.15) is 0 Å². The Morgan fingerprint density at radius 2 is 0.455 bits per heavy atom. The second-order valence-electron chi connectivity index (χ2n) is 17.6. The standard InChI is InChI=1S/C41H75P3/c1-41(32-42(35-20-8-2-9-21-35)36-22-10-3-11-23-36,33-43(37-24-12-4-13-25-37)38-26-14-5-15-27-38)34-44(39-28-16-6-17-29-39)40-30-18-7-19-31-40/h35-40H,2-34H2,1H3. The summed E-state index contributed by atoms with van der Waals surface area (Å²) in [6.07, 6.45) is 52.8. The maximum atomic E-state index is 3.02. The molecule has 0 aromatic rings. The van der Waals surface area contributed by atoms with Crippen molar-refractivity contribution in [2.75, 3.05) is 18.5 Å². The molecule has 0 radical (unpaired) electrons. The summed E-state index contributed by atoms with van der Waals surface area (Å²) in [6.45, 7) is 3.02. The van der Waals surface area contributed by atoms with E-state index in [0.717, 1.165) is 34.0 Å². The molecule has 0 aliphatic heterocycles. The summed E-state index contributed by atoms with van der Waals surface area (Å²) in [6, 6.07) is 0. The van der Waals surface area contributed by atoms with Gasteiger partial charge >= 0.3 is 0 Å². The average Bonchev–Trinajstić information content (AvgIpc) is 3.11. The molecule has 0 bridgehead atoms. The van der Waals surface area contributed by atoms with Crippen LogP contribution in [0.15, 0.2) is 0 Å². The zero-order chi connectivity index (χ0) is 30.0. The largest absolute Gasteiger partial charge is 0.0998 e. The van der Waals surface area contributed by atoms with Crippen molar-refractivity contribution in [2.24, 2.45) is 5.41 Å². The maximum absolute atomic E-state index is 3.02.